The second kappa shape index (κ2) is 27.9. The van der Waals surface area contributed by atoms with Gasteiger partial charge in [-0.2, -0.15) is 0 Å². The molecule has 0 saturated carbocycles. The number of hydrogen-bond donors (Lipinski definition) is 9. The zero-order valence-electron chi connectivity index (χ0n) is 35.8. The van der Waals surface area contributed by atoms with Gasteiger partial charge in [0.15, 0.2) is 0 Å². The lowest BCUT2D eigenvalue weighted by Crippen LogP contribution is -2.58. The molecule has 0 aromatic carbocycles. The number of hydrogen-bond acceptors (Lipinski definition) is 10. The van der Waals surface area contributed by atoms with Crippen LogP contribution in [0.4, 0.5) is 9.18 Å². The van der Waals surface area contributed by atoms with Gasteiger partial charge in [0.25, 0.3) is 5.91 Å². The Morgan fingerprint density at radius 2 is 1.64 bits per heavy atom. The van der Waals surface area contributed by atoms with Gasteiger partial charge in [0, 0.05) is 30.3 Å². The molecule has 9 unspecified atom stereocenters. The first-order chi connectivity index (χ1) is 27.3. The molecule has 0 aromatic heterocycles. The Bertz CT molecular complexity index is 1470. The van der Waals surface area contributed by atoms with Gasteiger partial charge in [0.1, 0.15) is 30.0 Å². The summed E-state index contributed by atoms with van der Waals surface area (Å²) >= 11 is 0. The zero-order valence-corrected chi connectivity index (χ0v) is 36.9. The average Bonchev–Trinajstić information content (AvgIpc) is 3.17. The number of carbonyl (C=O) groups excluding carboxylic acids is 4. The van der Waals surface area contributed by atoms with Crippen molar-refractivity contribution < 1.29 is 38.5 Å². The maximum absolute atomic E-state index is 13.7. The highest BCUT2D eigenvalue weighted by Crippen LogP contribution is 2.19. The predicted octanol–water partition coefficient (Wildman–Crippen LogP) is 3.34. The van der Waals surface area contributed by atoms with Crippen LogP contribution in [-0.2, 0) is 19.1 Å². The minimum atomic E-state index is -1.38. The fourth-order valence-electron chi connectivity index (χ4n) is 5.96. The van der Waals surface area contributed by atoms with Crippen molar-refractivity contribution in [3.05, 3.63) is 47.1 Å². The number of likely N-dealkylation sites (N-methyl/N-ethyl adjacent to an activating group) is 2. The normalized spacial score (nSPS) is 18.3. The predicted molar refractivity (Wildman–Crippen MR) is 231 cm³/mol. The summed E-state index contributed by atoms with van der Waals surface area (Å²) in [4.78, 5) is 51.7. The molecule has 0 fully saturated rings. The van der Waals surface area contributed by atoms with Gasteiger partial charge in [-0.15, -0.1) is 6.42 Å². The number of carbonyl (C=O) groups is 4. The van der Waals surface area contributed by atoms with Gasteiger partial charge in [-0.25, -0.2) is 9.18 Å². The molecule has 0 radical (unpaired) electrons. The number of unbranched alkanes of at least 4 members (excludes halogenated alkanes) is 2. The first-order valence-electron chi connectivity index (χ1n) is 20.3. The number of alkyl halides is 1. The van der Waals surface area contributed by atoms with Crippen LogP contribution in [0, 0.1) is 18.3 Å². The van der Waals surface area contributed by atoms with E-state index < -0.39 is 66.0 Å². The number of aliphatic hydroxyl groups is 2. The minimum absolute atomic E-state index is 0.156. The molecule has 14 nitrogen and oxygen atoms in total. The number of halogens is 1. The molecular weight excluding hydrogens is 764 g/mol. The van der Waals surface area contributed by atoms with E-state index in [-0.39, 0.29) is 17.9 Å². The molecule has 58 heavy (non-hydrogen) atoms. The monoisotopic (exact) mass is 836 g/mol. The van der Waals surface area contributed by atoms with Crippen molar-refractivity contribution >= 4 is 33.1 Å². The lowest BCUT2D eigenvalue weighted by molar-refractivity contribution is -0.131. The standard InChI is InChI=1S/C42H71FN7O7P/c1-10-29-19-22-31(23-20-29)37(52)46-24-14-12-17-33(50-40(55)34(44-8)26-27(3)18-21-30(11-2)35(43)58)39(54)48-28(4)36(51)49-32(38(53)45-9)16-13-15-25-47-41(56)57-42(5,6)7/h2,18-19,21-23,28-29,32-35,38,40,44-45,50,53,55H,10,12-17,20,24-26,58H2,1,3-9H3,(H,46,52)(H,47,56)(H,48,54)(H,49,51). The smallest absolute Gasteiger partial charge is 0.407 e. The Morgan fingerprint density at radius 1 is 0.983 bits per heavy atom. The molecule has 9 atom stereocenters. The van der Waals surface area contributed by atoms with Crippen LogP contribution in [0.3, 0.4) is 0 Å². The fourth-order valence-corrected chi connectivity index (χ4v) is 6.16. The first-order valence-corrected chi connectivity index (χ1v) is 21.0. The lowest BCUT2D eigenvalue weighted by atomic mass is 9.94. The van der Waals surface area contributed by atoms with E-state index >= 15 is 0 Å². The van der Waals surface area contributed by atoms with Gasteiger partial charge >= 0.3 is 6.09 Å². The Kier molecular flexibility index (Phi) is 25.2. The van der Waals surface area contributed by atoms with Gasteiger partial charge in [-0.1, -0.05) is 52.0 Å². The molecule has 1 aliphatic rings. The average molecular weight is 836 g/mol. The van der Waals surface area contributed by atoms with E-state index in [1.165, 1.54) is 13.0 Å². The molecule has 0 aliphatic heterocycles. The van der Waals surface area contributed by atoms with Crippen LogP contribution in [0.2, 0.25) is 0 Å². The number of nitrogens with one attached hydrogen (secondary N) is 7. The van der Waals surface area contributed by atoms with E-state index in [0.29, 0.717) is 63.1 Å². The summed E-state index contributed by atoms with van der Waals surface area (Å²) in [6, 6.07) is -3.18. The van der Waals surface area contributed by atoms with E-state index in [1.54, 1.807) is 40.9 Å². The zero-order chi connectivity index (χ0) is 43.8. The number of alkyl carbamates (subject to hydrolysis) is 1. The van der Waals surface area contributed by atoms with Crippen LogP contribution < -0.4 is 37.2 Å². The van der Waals surface area contributed by atoms with Crippen LogP contribution in [0.25, 0.3) is 0 Å². The summed E-state index contributed by atoms with van der Waals surface area (Å²) in [5.74, 6) is 0.172. The third kappa shape index (κ3) is 21.4. The highest BCUT2D eigenvalue weighted by atomic mass is 31.0. The van der Waals surface area contributed by atoms with E-state index in [1.807, 2.05) is 28.3 Å². The molecule has 0 heterocycles. The van der Waals surface area contributed by atoms with Crippen LogP contribution in [0.5, 0.6) is 0 Å². The van der Waals surface area contributed by atoms with Gasteiger partial charge < -0.3 is 41.5 Å². The Balaban J connectivity index is 2.97. The summed E-state index contributed by atoms with van der Waals surface area (Å²) in [7, 11) is 5.24. The molecule has 0 saturated heterocycles. The molecule has 328 valence electrons. The van der Waals surface area contributed by atoms with Crippen molar-refractivity contribution in [1.82, 2.24) is 37.2 Å². The van der Waals surface area contributed by atoms with Crippen molar-refractivity contribution in [2.75, 3.05) is 27.2 Å². The Labute approximate surface area is 348 Å². The van der Waals surface area contributed by atoms with Crippen LogP contribution in [0.1, 0.15) is 99.3 Å². The van der Waals surface area contributed by atoms with Crippen molar-refractivity contribution in [1.29, 1.82) is 0 Å². The summed E-state index contributed by atoms with van der Waals surface area (Å²) in [6.07, 6.45) is 16.7. The quantitative estimate of drug-likeness (QED) is 0.0205. The molecule has 4 amide bonds. The SMILES string of the molecule is C#CC(=CC=C(C)CC(NC)C(O)NC(CCCCNC(=O)C1=CCC(CC)C=C1)C(=O)NC(C)C(=O)NC(CCCCNC(=O)OC(C)(C)C)C(O)NC)C(F)P. The Hall–Kier alpha value is -3.64. The molecule has 9 N–H and O–H groups in total. The molecule has 1 aliphatic carbocycles. The number of terminal acetylenes is 1. The number of rotatable bonds is 26. The number of aliphatic hydroxyl groups excluding tert-OH is 2. The van der Waals surface area contributed by atoms with Crippen LogP contribution in [0.15, 0.2) is 47.1 Å². The van der Waals surface area contributed by atoms with Gasteiger partial charge in [0.2, 0.25) is 11.8 Å². The molecule has 0 spiro atoms. The van der Waals surface area contributed by atoms with Gasteiger partial charge in [-0.3, -0.25) is 25.0 Å². The van der Waals surface area contributed by atoms with E-state index in [9.17, 15) is 33.8 Å². The summed E-state index contributed by atoms with van der Waals surface area (Å²) in [5, 5.41) is 41.9. The lowest BCUT2D eigenvalue weighted by Gasteiger charge is -2.29. The molecule has 1 rings (SSSR count). The van der Waals surface area contributed by atoms with Gasteiger partial charge in [-0.05, 0) is 118 Å². The van der Waals surface area contributed by atoms with E-state index in [0.717, 1.165) is 18.4 Å². The number of amides is 4. The second-order valence-electron chi connectivity index (χ2n) is 15.6. The fraction of sp³-hybridized carbons (Fsp3) is 0.667. The largest absolute Gasteiger partial charge is 0.444 e. The van der Waals surface area contributed by atoms with Crippen molar-refractivity contribution in [2.24, 2.45) is 5.92 Å². The summed E-state index contributed by atoms with van der Waals surface area (Å²) in [5.41, 5.74) is 0.970. The Morgan fingerprint density at radius 3 is 2.19 bits per heavy atom. The van der Waals surface area contributed by atoms with Crippen molar-refractivity contribution in [3.63, 3.8) is 0 Å². The maximum atomic E-state index is 13.7. The first kappa shape index (κ1) is 52.4. The highest BCUT2D eigenvalue weighted by molar-refractivity contribution is 7.17. The van der Waals surface area contributed by atoms with Crippen LogP contribution in [-0.4, -0.2) is 109 Å². The van der Waals surface area contributed by atoms with Crippen molar-refractivity contribution in [3.8, 4) is 12.3 Å². The minimum Gasteiger partial charge on any atom is -0.444 e. The molecule has 16 heteroatoms. The topological polar surface area (TPSA) is 202 Å². The third-order valence-electron chi connectivity index (χ3n) is 9.54. The maximum Gasteiger partial charge on any atom is 0.407 e. The van der Waals surface area contributed by atoms with Crippen LogP contribution >= 0.6 is 9.24 Å². The number of allylic oxidation sites excluding steroid dienone is 5. The molecular formula is C42H71FN7O7P. The molecule has 0 aromatic rings. The summed E-state index contributed by atoms with van der Waals surface area (Å²) < 4.78 is 19.0. The third-order valence-corrected chi connectivity index (χ3v) is 9.90. The highest BCUT2D eigenvalue weighted by Gasteiger charge is 2.29. The second-order valence-corrected chi connectivity index (χ2v) is 16.2. The van der Waals surface area contributed by atoms with Crippen molar-refractivity contribution in [2.45, 2.75) is 147 Å². The molecule has 0 bridgehead atoms. The van der Waals surface area contributed by atoms with E-state index in [4.69, 9.17) is 11.2 Å². The van der Waals surface area contributed by atoms with Gasteiger partial charge in [0.05, 0.1) is 12.1 Å². The summed E-state index contributed by atoms with van der Waals surface area (Å²) in [6.45, 7) is 11.5. The van der Waals surface area contributed by atoms with E-state index in [2.05, 4.69) is 56.1 Å². The number of ether oxygens (including phenoxy) is 1.